The van der Waals surface area contributed by atoms with E-state index in [9.17, 15) is 19.5 Å². The third-order valence-corrected chi connectivity index (χ3v) is 6.31. The van der Waals surface area contributed by atoms with Crippen LogP contribution in [-0.2, 0) is 14.3 Å². The van der Waals surface area contributed by atoms with Gasteiger partial charge in [-0.3, -0.25) is 9.59 Å². The van der Waals surface area contributed by atoms with Crippen LogP contribution in [0, 0.1) is 5.92 Å². The maximum absolute atomic E-state index is 14.2. The number of phenolic OH excluding ortho intramolecular Hbond substituents is 1. The first-order chi connectivity index (χ1) is 18.4. The Balaban J connectivity index is 2.51. The molecule has 0 bridgehead atoms. The van der Waals surface area contributed by atoms with E-state index in [1.54, 1.807) is 64.3 Å². The number of carbonyl (C=O) groups is 3. The number of unbranched alkanes of at least 4 members (excludes halogenated alkanes) is 1. The second-order valence-electron chi connectivity index (χ2n) is 10.6. The van der Waals surface area contributed by atoms with Crippen LogP contribution in [0.4, 0.5) is 10.5 Å². The molecule has 0 radical (unpaired) electrons. The van der Waals surface area contributed by atoms with Gasteiger partial charge in [0.25, 0.3) is 5.91 Å². The highest BCUT2D eigenvalue weighted by Crippen LogP contribution is 2.28. The third-order valence-electron chi connectivity index (χ3n) is 6.31. The number of aromatic hydroxyl groups is 1. The molecule has 0 fully saturated rings. The minimum atomic E-state index is -1.02. The zero-order chi connectivity index (χ0) is 29.2. The highest BCUT2D eigenvalue weighted by atomic mass is 16.6. The average molecular weight is 542 g/mol. The summed E-state index contributed by atoms with van der Waals surface area (Å²) < 4.78 is 10.6. The van der Waals surface area contributed by atoms with Crippen LogP contribution < -0.4 is 15.4 Å². The van der Waals surface area contributed by atoms with Crippen molar-refractivity contribution in [3.05, 3.63) is 54.1 Å². The molecule has 0 aliphatic heterocycles. The van der Waals surface area contributed by atoms with Crippen molar-refractivity contribution in [2.75, 3.05) is 19.0 Å². The van der Waals surface area contributed by atoms with E-state index in [1.807, 2.05) is 20.8 Å². The summed E-state index contributed by atoms with van der Waals surface area (Å²) in [5, 5.41) is 15.6. The first-order valence-corrected chi connectivity index (χ1v) is 13.4. The summed E-state index contributed by atoms with van der Waals surface area (Å²) >= 11 is 0. The number of methoxy groups -OCH3 is 1. The Hall–Kier alpha value is -3.75. The van der Waals surface area contributed by atoms with E-state index in [0.717, 1.165) is 6.42 Å². The van der Waals surface area contributed by atoms with E-state index in [1.165, 1.54) is 17.0 Å². The summed E-state index contributed by atoms with van der Waals surface area (Å²) in [6.07, 6.45) is 1.37. The topological polar surface area (TPSA) is 117 Å². The van der Waals surface area contributed by atoms with Gasteiger partial charge in [0.15, 0.2) is 0 Å². The van der Waals surface area contributed by atoms with E-state index in [2.05, 4.69) is 10.6 Å². The quantitative estimate of drug-likeness (QED) is 0.320. The lowest BCUT2D eigenvalue weighted by molar-refractivity contribution is -0.142. The van der Waals surface area contributed by atoms with Gasteiger partial charge in [0, 0.05) is 12.2 Å². The maximum atomic E-state index is 14.2. The number of hydrogen-bond acceptors (Lipinski definition) is 6. The molecule has 0 saturated heterocycles. The predicted molar refractivity (Wildman–Crippen MR) is 152 cm³/mol. The van der Waals surface area contributed by atoms with Gasteiger partial charge in [-0.25, -0.2) is 4.79 Å². The molecule has 0 spiro atoms. The molecule has 2 aromatic rings. The van der Waals surface area contributed by atoms with Gasteiger partial charge < -0.3 is 30.1 Å². The summed E-state index contributed by atoms with van der Waals surface area (Å²) in [5.74, 6) is -0.336. The van der Waals surface area contributed by atoms with E-state index in [4.69, 9.17) is 9.47 Å². The Morgan fingerprint density at radius 1 is 1.00 bits per heavy atom. The number of hydrogen-bond donors (Lipinski definition) is 3. The third kappa shape index (κ3) is 9.50. The second kappa shape index (κ2) is 14.4. The van der Waals surface area contributed by atoms with Crippen LogP contribution >= 0.6 is 0 Å². The molecule has 2 aromatic carbocycles. The minimum absolute atomic E-state index is 0.0450. The molecular formula is C30H43N3O6. The Bertz CT molecular complexity index is 1080. The fraction of sp³-hybridized carbons (Fsp3) is 0.500. The highest BCUT2D eigenvalue weighted by Gasteiger charge is 2.38. The van der Waals surface area contributed by atoms with Crippen LogP contribution in [0.25, 0.3) is 0 Å². The first-order valence-electron chi connectivity index (χ1n) is 13.4. The van der Waals surface area contributed by atoms with Crippen molar-refractivity contribution in [3.63, 3.8) is 0 Å². The van der Waals surface area contributed by atoms with Crippen LogP contribution in [-0.4, -0.2) is 53.2 Å². The molecular weight excluding hydrogens is 498 g/mol. The van der Waals surface area contributed by atoms with Crippen LogP contribution in [0.5, 0.6) is 11.5 Å². The van der Waals surface area contributed by atoms with Gasteiger partial charge >= 0.3 is 6.09 Å². The Kier molecular flexibility index (Phi) is 11.6. The van der Waals surface area contributed by atoms with Crippen molar-refractivity contribution >= 4 is 23.6 Å². The lowest BCUT2D eigenvalue weighted by Crippen LogP contribution is -2.55. The average Bonchev–Trinajstić information content (AvgIpc) is 2.89. The molecule has 214 valence electrons. The number of amides is 3. The Morgan fingerprint density at radius 3 is 2.13 bits per heavy atom. The predicted octanol–water partition coefficient (Wildman–Crippen LogP) is 5.65. The lowest BCUT2D eigenvalue weighted by Gasteiger charge is -2.36. The summed E-state index contributed by atoms with van der Waals surface area (Å²) in [5.41, 5.74) is 0.336. The van der Waals surface area contributed by atoms with Gasteiger partial charge in [0.1, 0.15) is 29.2 Å². The van der Waals surface area contributed by atoms with Crippen LogP contribution in [0.1, 0.15) is 72.4 Å². The van der Waals surface area contributed by atoms with E-state index in [-0.39, 0.29) is 17.6 Å². The van der Waals surface area contributed by atoms with Crippen molar-refractivity contribution in [3.8, 4) is 11.5 Å². The monoisotopic (exact) mass is 541 g/mol. The smallest absolute Gasteiger partial charge is 0.408 e. The van der Waals surface area contributed by atoms with Crippen molar-refractivity contribution in [2.45, 2.75) is 78.5 Å². The number of nitrogens with one attached hydrogen (secondary N) is 2. The second-order valence-corrected chi connectivity index (χ2v) is 10.6. The molecule has 0 aliphatic rings. The van der Waals surface area contributed by atoms with Gasteiger partial charge in [-0.1, -0.05) is 45.7 Å². The number of benzene rings is 2. The van der Waals surface area contributed by atoms with Crippen LogP contribution in [0.2, 0.25) is 0 Å². The SMILES string of the molecule is CCCCN(C(=O)C(NC(=O)OC(C)(C)C)C(C)CC)C(C(=O)Nc1ccc(OC)cc1)c1ccc(O)cc1. The van der Waals surface area contributed by atoms with Gasteiger partial charge in [0.05, 0.1) is 7.11 Å². The molecule has 2 rings (SSSR count). The Labute approximate surface area is 231 Å². The van der Waals surface area contributed by atoms with Gasteiger partial charge in [-0.05, 0) is 75.1 Å². The molecule has 0 aliphatic carbocycles. The zero-order valence-electron chi connectivity index (χ0n) is 24.1. The number of phenols is 1. The van der Waals surface area contributed by atoms with Gasteiger partial charge in [-0.2, -0.15) is 0 Å². The summed E-state index contributed by atoms with van der Waals surface area (Å²) in [7, 11) is 1.56. The zero-order valence-corrected chi connectivity index (χ0v) is 24.1. The summed E-state index contributed by atoms with van der Waals surface area (Å²) in [4.78, 5) is 42.2. The number of anilines is 1. The highest BCUT2D eigenvalue weighted by molar-refractivity contribution is 5.99. The van der Waals surface area contributed by atoms with Crippen LogP contribution in [0.15, 0.2) is 48.5 Å². The fourth-order valence-corrected chi connectivity index (χ4v) is 4.01. The number of alkyl carbamates (subject to hydrolysis) is 1. The first kappa shape index (κ1) is 31.5. The molecule has 9 heteroatoms. The lowest BCUT2D eigenvalue weighted by atomic mass is 9.95. The minimum Gasteiger partial charge on any atom is -0.508 e. The largest absolute Gasteiger partial charge is 0.508 e. The molecule has 0 aromatic heterocycles. The van der Waals surface area contributed by atoms with Crippen molar-refractivity contribution in [1.82, 2.24) is 10.2 Å². The standard InChI is InChI=1S/C30H43N3O6/c1-8-10-19-33(28(36)25(20(3)9-2)32-29(37)39-30(4,5)6)26(21-11-15-23(34)16-12-21)27(35)31-22-13-17-24(38-7)18-14-22/h11-18,20,25-26,34H,8-10,19H2,1-7H3,(H,31,35)(H,32,37). The van der Waals surface area contributed by atoms with Gasteiger partial charge in [0.2, 0.25) is 5.91 Å². The molecule has 0 saturated carbocycles. The van der Waals surface area contributed by atoms with E-state index < -0.39 is 29.7 Å². The van der Waals surface area contributed by atoms with Crippen molar-refractivity contribution < 1.29 is 29.0 Å². The number of carbonyl (C=O) groups excluding carboxylic acids is 3. The molecule has 39 heavy (non-hydrogen) atoms. The van der Waals surface area contributed by atoms with Gasteiger partial charge in [-0.15, -0.1) is 0 Å². The van der Waals surface area contributed by atoms with E-state index in [0.29, 0.717) is 36.4 Å². The molecule has 0 heterocycles. The van der Waals surface area contributed by atoms with Crippen molar-refractivity contribution in [1.29, 1.82) is 0 Å². The normalized spacial score (nSPS) is 13.5. The summed E-state index contributed by atoms with van der Waals surface area (Å²) in [6.45, 7) is 11.4. The molecule has 3 unspecified atom stereocenters. The fourth-order valence-electron chi connectivity index (χ4n) is 4.01. The Morgan fingerprint density at radius 2 is 1.62 bits per heavy atom. The number of ether oxygens (including phenoxy) is 2. The molecule has 3 atom stereocenters. The molecule has 3 amide bonds. The number of nitrogens with zero attached hydrogens (tertiary/aromatic N) is 1. The van der Waals surface area contributed by atoms with Crippen molar-refractivity contribution in [2.24, 2.45) is 5.92 Å². The van der Waals surface area contributed by atoms with E-state index >= 15 is 0 Å². The molecule has 9 nitrogen and oxygen atoms in total. The molecule has 3 N–H and O–H groups in total. The number of rotatable bonds is 12. The maximum Gasteiger partial charge on any atom is 0.408 e. The van der Waals surface area contributed by atoms with Crippen LogP contribution in [0.3, 0.4) is 0 Å². The summed E-state index contributed by atoms with van der Waals surface area (Å²) in [6, 6.07) is 11.2.